The number of hydrogen-bond acceptors (Lipinski definition) is 4. The molecule has 108 valence electrons. The number of aromatic carboxylic acids is 1. The van der Waals surface area contributed by atoms with Gasteiger partial charge in [0, 0.05) is 6.54 Å². The van der Waals surface area contributed by atoms with Crippen LogP contribution >= 0.6 is 0 Å². The van der Waals surface area contributed by atoms with Gasteiger partial charge >= 0.3 is 5.97 Å². The van der Waals surface area contributed by atoms with Crippen LogP contribution in [-0.2, 0) is 6.54 Å². The van der Waals surface area contributed by atoms with Gasteiger partial charge in [0.2, 0.25) is 0 Å². The lowest BCUT2D eigenvalue weighted by molar-refractivity contribution is 0.0696. The summed E-state index contributed by atoms with van der Waals surface area (Å²) in [5.74, 6) is -1.91. The van der Waals surface area contributed by atoms with Crippen LogP contribution in [0.4, 0.5) is 0 Å². The average molecular weight is 287 g/mol. The van der Waals surface area contributed by atoms with Crippen molar-refractivity contribution in [3.8, 4) is 11.5 Å². The number of benzene rings is 2. The molecule has 0 saturated heterocycles. The van der Waals surface area contributed by atoms with E-state index in [-0.39, 0.29) is 29.2 Å². The van der Waals surface area contributed by atoms with E-state index in [4.69, 9.17) is 5.11 Å². The van der Waals surface area contributed by atoms with Crippen LogP contribution in [0.2, 0.25) is 0 Å². The summed E-state index contributed by atoms with van der Waals surface area (Å²) in [4.78, 5) is 22.6. The maximum absolute atomic E-state index is 11.9. The zero-order valence-electron chi connectivity index (χ0n) is 10.9. The first kappa shape index (κ1) is 14.4. The number of nitrogens with one attached hydrogen (secondary N) is 1. The molecule has 1 amide bonds. The number of rotatable bonds is 4. The summed E-state index contributed by atoms with van der Waals surface area (Å²) in [7, 11) is 0. The van der Waals surface area contributed by atoms with Crippen LogP contribution in [-0.4, -0.2) is 27.2 Å². The van der Waals surface area contributed by atoms with Crippen LogP contribution in [0, 0.1) is 0 Å². The molecule has 2 aromatic carbocycles. The topological polar surface area (TPSA) is 107 Å². The zero-order chi connectivity index (χ0) is 15.4. The number of aromatic hydroxyl groups is 2. The quantitative estimate of drug-likeness (QED) is 0.641. The second-order valence-corrected chi connectivity index (χ2v) is 4.39. The maximum atomic E-state index is 11.9. The van der Waals surface area contributed by atoms with E-state index in [1.807, 2.05) is 0 Å². The van der Waals surface area contributed by atoms with Crippen LogP contribution in [0.15, 0.2) is 42.5 Å². The van der Waals surface area contributed by atoms with Crippen LogP contribution in [0.25, 0.3) is 0 Å². The molecule has 0 heterocycles. The van der Waals surface area contributed by atoms with E-state index in [2.05, 4.69) is 5.32 Å². The highest BCUT2D eigenvalue weighted by Crippen LogP contribution is 2.21. The van der Waals surface area contributed by atoms with Gasteiger partial charge in [-0.05, 0) is 35.9 Å². The lowest BCUT2D eigenvalue weighted by Crippen LogP contribution is -2.22. The van der Waals surface area contributed by atoms with Gasteiger partial charge in [0.25, 0.3) is 5.91 Å². The molecule has 0 unspecified atom stereocenters. The first-order valence-corrected chi connectivity index (χ1v) is 6.10. The smallest absolute Gasteiger partial charge is 0.335 e. The van der Waals surface area contributed by atoms with E-state index in [0.717, 1.165) is 6.07 Å². The van der Waals surface area contributed by atoms with Gasteiger partial charge in [0.1, 0.15) is 11.5 Å². The summed E-state index contributed by atoms with van der Waals surface area (Å²) >= 11 is 0. The highest BCUT2D eigenvalue weighted by molar-refractivity contribution is 5.97. The van der Waals surface area contributed by atoms with Crippen molar-refractivity contribution in [2.24, 2.45) is 0 Å². The first-order chi connectivity index (χ1) is 9.97. The molecule has 0 aromatic heterocycles. The number of amides is 1. The van der Waals surface area contributed by atoms with Gasteiger partial charge in [0.05, 0.1) is 11.1 Å². The number of carbonyl (C=O) groups is 2. The van der Waals surface area contributed by atoms with E-state index in [0.29, 0.717) is 5.56 Å². The fourth-order valence-electron chi connectivity index (χ4n) is 1.75. The Morgan fingerprint density at radius 1 is 1.00 bits per heavy atom. The Kier molecular flexibility index (Phi) is 4.08. The van der Waals surface area contributed by atoms with Crippen molar-refractivity contribution in [1.29, 1.82) is 0 Å². The minimum Gasteiger partial charge on any atom is -0.508 e. The molecule has 0 fully saturated rings. The molecule has 0 aliphatic rings. The molecule has 2 aromatic rings. The predicted molar refractivity (Wildman–Crippen MR) is 74.3 cm³/mol. The third kappa shape index (κ3) is 3.50. The minimum atomic E-state index is -1.02. The summed E-state index contributed by atoms with van der Waals surface area (Å²) in [5, 5.41) is 30.2. The van der Waals surface area contributed by atoms with E-state index < -0.39 is 11.9 Å². The third-order valence-corrected chi connectivity index (χ3v) is 2.88. The van der Waals surface area contributed by atoms with Crippen molar-refractivity contribution in [3.05, 3.63) is 59.2 Å². The maximum Gasteiger partial charge on any atom is 0.335 e. The van der Waals surface area contributed by atoms with Crippen molar-refractivity contribution in [1.82, 2.24) is 5.32 Å². The van der Waals surface area contributed by atoms with E-state index in [9.17, 15) is 19.8 Å². The molecule has 0 aliphatic carbocycles. The van der Waals surface area contributed by atoms with Gasteiger partial charge in [-0.15, -0.1) is 0 Å². The Hall–Kier alpha value is -3.02. The van der Waals surface area contributed by atoms with Crippen LogP contribution in [0.5, 0.6) is 11.5 Å². The first-order valence-electron chi connectivity index (χ1n) is 6.10. The number of carbonyl (C=O) groups excluding carboxylic acids is 1. The molecule has 0 atom stereocenters. The molecular formula is C15H13NO5. The van der Waals surface area contributed by atoms with Crippen LogP contribution in [0.3, 0.4) is 0 Å². The molecule has 0 radical (unpaired) electrons. The van der Waals surface area contributed by atoms with Crippen molar-refractivity contribution >= 4 is 11.9 Å². The van der Waals surface area contributed by atoms with Crippen LogP contribution < -0.4 is 5.32 Å². The third-order valence-electron chi connectivity index (χ3n) is 2.88. The fraction of sp³-hybridized carbons (Fsp3) is 0.0667. The lowest BCUT2D eigenvalue weighted by atomic mass is 10.1. The lowest BCUT2D eigenvalue weighted by Gasteiger charge is -2.07. The molecule has 6 nitrogen and oxygen atoms in total. The van der Waals surface area contributed by atoms with Crippen molar-refractivity contribution in [2.45, 2.75) is 6.54 Å². The largest absolute Gasteiger partial charge is 0.508 e. The molecule has 0 saturated carbocycles. The fourth-order valence-corrected chi connectivity index (χ4v) is 1.75. The van der Waals surface area contributed by atoms with Crippen LogP contribution in [0.1, 0.15) is 26.3 Å². The summed E-state index contributed by atoms with van der Waals surface area (Å²) < 4.78 is 0. The zero-order valence-corrected chi connectivity index (χ0v) is 10.9. The average Bonchev–Trinajstić information content (AvgIpc) is 2.47. The second-order valence-electron chi connectivity index (χ2n) is 4.39. The van der Waals surface area contributed by atoms with Crippen molar-refractivity contribution < 1.29 is 24.9 Å². The molecule has 0 aliphatic heterocycles. The van der Waals surface area contributed by atoms with Gasteiger partial charge < -0.3 is 20.6 Å². The van der Waals surface area contributed by atoms with Gasteiger partial charge in [0.15, 0.2) is 0 Å². The Balaban J connectivity index is 2.04. The molecular weight excluding hydrogens is 274 g/mol. The van der Waals surface area contributed by atoms with E-state index in [1.54, 1.807) is 12.1 Å². The number of carboxylic acids is 1. The Morgan fingerprint density at radius 2 is 1.67 bits per heavy atom. The van der Waals surface area contributed by atoms with E-state index in [1.165, 1.54) is 24.3 Å². The number of phenolic OH excluding ortho intramolecular Hbond substituents is 2. The Labute approximate surface area is 120 Å². The van der Waals surface area contributed by atoms with Gasteiger partial charge in [-0.1, -0.05) is 12.1 Å². The number of phenols is 2. The number of carboxylic acid groups (broad SMARTS) is 1. The Bertz CT molecular complexity index is 679. The predicted octanol–water partition coefficient (Wildman–Crippen LogP) is 1.73. The Morgan fingerprint density at radius 3 is 2.29 bits per heavy atom. The molecule has 2 rings (SSSR count). The monoisotopic (exact) mass is 287 g/mol. The highest BCUT2D eigenvalue weighted by Gasteiger charge is 2.11. The molecule has 0 bridgehead atoms. The van der Waals surface area contributed by atoms with Gasteiger partial charge in [-0.3, -0.25) is 4.79 Å². The van der Waals surface area contributed by atoms with Gasteiger partial charge in [-0.25, -0.2) is 4.79 Å². The standard InChI is InChI=1S/C15H13NO5/c17-11-5-6-13(18)12(7-11)14(19)16-8-9-1-3-10(4-2-9)15(20)21/h1-7,17-18H,8H2,(H,16,19)(H,20,21). The SMILES string of the molecule is O=C(O)c1ccc(CNC(=O)c2cc(O)ccc2O)cc1. The molecule has 4 N–H and O–H groups in total. The number of hydrogen-bond donors (Lipinski definition) is 4. The normalized spacial score (nSPS) is 10.1. The molecule has 0 spiro atoms. The molecule has 6 heteroatoms. The van der Waals surface area contributed by atoms with Crippen molar-refractivity contribution in [3.63, 3.8) is 0 Å². The minimum absolute atomic E-state index is 0.0304. The van der Waals surface area contributed by atoms with Crippen molar-refractivity contribution in [2.75, 3.05) is 0 Å². The molecule has 21 heavy (non-hydrogen) atoms. The van der Waals surface area contributed by atoms with Gasteiger partial charge in [-0.2, -0.15) is 0 Å². The summed E-state index contributed by atoms with van der Waals surface area (Å²) in [6.07, 6.45) is 0. The highest BCUT2D eigenvalue weighted by atomic mass is 16.4. The summed E-state index contributed by atoms with van der Waals surface area (Å²) in [6, 6.07) is 9.73. The summed E-state index contributed by atoms with van der Waals surface area (Å²) in [5.41, 5.74) is 0.848. The second kappa shape index (κ2) is 5.96. The summed E-state index contributed by atoms with van der Waals surface area (Å²) in [6.45, 7) is 0.174. The van der Waals surface area contributed by atoms with E-state index >= 15 is 0 Å².